The van der Waals surface area contributed by atoms with E-state index in [9.17, 15) is 14.4 Å². The van der Waals surface area contributed by atoms with Crippen molar-refractivity contribution in [1.82, 2.24) is 24.6 Å². The first-order valence-electron chi connectivity index (χ1n) is 9.79. The fourth-order valence-corrected chi connectivity index (χ4v) is 3.21. The summed E-state index contributed by atoms with van der Waals surface area (Å²) in [5.74, 6) is -0.636. The Hall–Kier alpha value is -3.23. The third kappa shape index (κ3) is 5.10. The van der Waals surface area contributed by atoms with Crippen LogP contribution in [0.1, 0.15) is 29.0 Å². The molecule has 1 aromatic heterocycles. The molecule has 0 bridgehead atoms. The highest BCUT2D eigenvalue weighted by Crippen LogP contribution is 2.15. The summed E-state index contributed by atoms with van der Waals surface area (Å²) in [6.07, 6.45) is 0. The number of hydrogen-bond donors (Lipinski definition) is 1. The van der Waals surface area contributed by atoms with Gasteiger partial charge < -0.3 is 10.2 Å². The second-order valence-corrected chi connectivity index (χ2v) is 7.78. The van der Waals surface area contributed by atoms with Gasteiger partial charge in [0.1, 0.15) is 0 Å². The van der Waals surface area contributed by atoms with Gasteiger partial charge in [-0.2, -0.15) is 9.78 Å². The van der Waals surface area contributed by atoms with Crippen molar-refractivity contribution < 1.29 is 4.79 Å². The van der Waals surface area contributed by atoms with Crippen LogP contribution in [-0.4, -0.2) is 52.3 Å². The molecule has 0 saturated carbocycles. The molecule has 1 amide bonds. The molecule has 0 saturated heterocycles. The van der Waals surface area contributed by atoms with E-state index in [2.05, 4.69) is 10.4 Å². The van der Waals surface area contributed by atoms with Crippen molar-refractivity contribution in [1.29, 1.82) is 0 Å². The van der Waals surface area contributed by atoms with E-state index in [1.54, 1.807) is 31.2 Å². The molecule has 1 heterocycles. The van der Waals surface area contributed by atoms with Gasteiger partial charge >= 0.3 is 5.69 Å². The summed E-state index contributed by atoms with van der Waals surface area (Å²) in [5, 5.41) is 7.29. The Balaban J connectivity index is 2.15. The number of likely N-dealkylation sites (N-methyl/N-ethyl adjacent to an activating group) is 1. The van der Waals surface area contributed by atoms with Crippen molar-refractivity contribution in [2.75, 3.05) is 27.2 Å². The summed E-state index contributed by atoms with van der Waals surface area (Å²) in [6.45, 7) is 2.66. The Morgan fingerprint density at radius 2 is 1.74 bits per heavy atom. The molecule has 0 fully saturated rings. The lowest BCUT2D eigenvalue weighted by molar-refractivity contribution is 0.0941. The number of aromatic nitrogens is 3. The van der Waals surface area contributed by atoms with Crippen LogP contribution in [0, 0.1) is 0 Å². The summed E-state index contributed by atoms with van der Waals surface area (Å²) in [6, 6.07) is 15.0. The van der Waals surface area contributed by atoms with Gasteiger partial charge in [0.2, 0.25) is 5.69 Å². The number of rotatable bonds is 7. The third-order valence-electron chi connectivity index (χ3n) is 4.81. The van der Waals surface area contributed by atoms with Crippen LogP contribution in [0.4, 0.5) is 0 Å². The fourth-order valence-electron chi connectivity index (χ4n) is 3.08. The summed E-state index contributed by atoms with van der Waals surface area (Å²) >= 11 is 5.96. The second kappa shape index (κ2) is 9.72. The summed E-state index contributed by atoms with van der Waals surface area (Å²) in [5.41, 5.74) is -0.584. The molecule has 3 rings (SSSR count). The molecular formula is C22H24ClN5O3. The minimum Gasteiger partial charge on any atom is -0.349 e. The van der Waals surface area contributed by atoms with Gasteiger partial charge in [0.05, 0.1) is 11.7 Å². The first-order valence-corrected chi connectivity index (χ1v) is 10.2. The van der Waals surface area contributed by atoms with Crippen molar-refractivity contribution in [3.05, 3.63) is 91.7 Å². The van der Waals surface area contributed by atoms with Crippen LogP contribution in [0.15, 0.2) is 64.2 Å². The van der Waals surface area contributed by atoms with E-state index in [1.165, 1.54) is 0 Å². The Kier molecular flexibility index (Phi) is 7.04. The molecule has 0 aliphatic carbocycles. The number of nitrogens with zero attached hydrogens (tertiary/aromatic N) is 4. The summed E-state index contributed by atoms with van der Waals surface area (Å²) in [7, 11) is 3.75. The zero-order chi connectivity index (χ0) is 22.5. The topological polar surface area (TPSA) is 89.2 Å². The van der Waals surface area contributed by atoms with E-state index >= 15 is 0 Å². The molecule has 3 aromatic rings. The largest absolute Gasteiger partial charge is 0.352 e. The molecule has 0 spiro atoms. The maximum Gasteiger partial charge on any atom is 0.352 e. The van der Waals surface area contributed by atoms with Gasteiger partial charge in [0.25, 0.3) is 11.5 Å². The van der Waals surface area contributed by atoms with Crippen LogP contribution < -0.4 is 16.6 Å². The van der Waals surface area contributed by atoms with Crippen LogP contribution >= 0.6 is 11.6 Å². The lowest BCUT2D eigenvalue weighted by Crippen LogP contribution is -2.47. The van der Waals surface area contributed by atoms with Gasteiger partial charge in [-0.1, -0.05) is 41.9 Å². The zero-order valence-electron chi connectivity index (χ0n) is 17.6. The summed E-state index contributed by atoms with van der Waals surface area (Å²) < 4.78 is 2.11. The molecular weight excluding hydrogens is 418 g/mol. The quantitative estimate of drug-likeness (QED) is 0.605. The molecule has 0 radical (unpaired) electrons. The Morgan fingerprint density at radius 3 is 2.35 bits per heavy atom. The number of halogens is 1. The normalized spacial score (nSPS) is 12.0. The van der Waals surface area contributed by atoms with Crippen molar-refractivity contribution in [2.24, 2.45) is 0 Å². The van der Waals surface area contributed by atoms with Gasteiger partial charge in [-0.05, 0) is 50.8 Å². The highest BCUT2D eigenvalue weighted by atomic mass is 35.5. The molecule has 8 nitrogen and oxygen atoms in total. The summed E-state index contributed by atoms with van der Waals surface area (Å²) in [4.78, 5) is 41.1. The van der Waals surface area contributed by atoms with Gasteiger partial charge in [-0.15, -0.1) is 0 Å². The number of carbonyl (C=O) groups excluding carboxylic acids is 1. The molecule has 31 heavy (non-hydrogen) atoms. The predicted molar refractivity (Wildman–Crippen MR) is 120 cm³/mol. The van der Waals surface area contributed by atoms with Gasteiger partial charge in [-0.3, -0.25) is 9.59 Å². The van der Waals surface area contributed by atoms with Crippen molar-refractivity contribution >= 4 is 17.5 Å². The van der Waals surface area contributed by atoms with E-state index in [4.69, 9.17) is 11.6 Å². The van der Waals surface area contributed by atoms with Gasteiger partial charge in [0.15, 0.2) is 0 Å². The Morgan fingerprint density at radius 1 is 1.10 bits per heavy atom. The van der Waals surface area contributed by atoms with E-state index in [0.717, 1.165) is 14.8 Å². The van der Waals surface area contributed by atoms with E-state index in [0.29, 0.717) is 23.8 Å². The highest BCUT2D eigenvalue weighted by Gasteiger charge is 2.23. The standard InChI is InChI=1S/C22H24ClN5O3/c1-15(16-7-5-4-6-8-16)27-21(30)19(20(29)24-13-14-26(2)3)25-28(22(27)31)18-11-9-17(23)10-12-18/h4-12,15H,13-14H2,1-3H3,(H,24,29)/t15-/m1/s1. The Labute approximate surface area is 184 Å². The molecule has 1 N–H and O–H groups in total. The van der Waals surface area contributed by atoms with E-state index < -0.39 is 23.2 Å². The van der Waals surface area contributed by atoms with Crippen molar-refractivity contribution in [2.45, 2.75) is 13.0 Å². The number of hydrogen-bond acceptors (Lipinski definition) is 5. The van der Waals surface area contributed by atoms with Crippen molar-refractivity contribution in [3.8, 4) is 5.69 Å². The first-order chi connectivity index (χ1) is 14.8. The number of amides is 1. The average Bonchev–Trinajstić information content (AvgIpc) is 2.75. The number of benzene rings is 2. The van der Waals surface area contributed by atoms with Crippen molar-refractivity contribution in [3.63, 3.8) is 0 Å². The van der Waals surface area contributed by atoms with Gasteiger partial charge in [-0.25, -0.2) is 9.36 Å². The predicted octanol–water partition coefficient (Wildman–Crippen LogP) is 1.95. The van der Waals surface area contributed by atoms with Gasteiger partial charge in [0, 0.05) is 18.1 Å². The zero-order valence-corrected chi connectivity index (χ0v) is 18.3. The smallest absolute Gasteiger partial charge is 0.349 e. The minimum absolute atomic E-state index is 0.335. The fraction of sp³-hybridized carbons (Fsp3) is 0.273. The average molecular weight is 442 g/mol. The van der Waals surface area contributed by atoms with Crippen LogP contribution in [0.3, 0.4) is 0 Å². The van der Waals surface area contributed by atoms with Crippen LogP contribution in [0.5, 0.6) is 0 Å². The molecule has 2 aromatic carbocycles. The molecule has 9 heteroatoms. The second-order valence-electron chi connectivity index (χ2n) is 7.34. The Bertz CT molecular complexity index is 1170. The lowest BCUT2D eigenvalue weighted by atomic mass is 10.1. The van der Waals surface area contributed by atoms with Crippen LogP contribution in [0.25, 0.3) is 5.69 Å². The molecule has 0 aliphatic rings. The lowest BCUT2D eigenvalue weighted by Gasteiger charge is -2.18. The third-order valence-corrected chi connectivity index (χ3v) is 5.06. The van der Waals surface area contributed by atoms with E-state index in [-0.39, 0.29) is 5.69 Å². The minimum atomic E-state index is -0.742. The first kappa shape index (κ1) is 22.5. The molecule has 0 unspecified atom stereocenters. The number of carbonyl (C=O) groups is 1. The SMILES string of the molecule is C[C@H](c1ccccc1)n1c(=O)c(C(=O)NCCN(C)C)nn(-c2ccc(Cl)cc2)c1=O. The van der Waals surface area contributed by atoms with Crippen LogP contribution in [0.2, 0.25) is 5.02 Å². The maximum absolute atomic E-state index is 13.3. The van der Waals surface area contributed by atoms with Crippen LogP contribution in [-0.2, 0) is 0 Å². The van der Waals surface area contributed by atoms with E-state index in [1.807, 2.05) is 49.3 Å². The number of nitrogens with one attached hydrogen (secondary N) is 1. The molecule has 162 valence electrons. The maximum atomic E-state index is 13.3. The molecule has 0 aliphatic heterocycles. The highest BCUT2D eigenvalue weighted by molar-refractivity contribution is 6.30. The molecule has 1 atom stereocenters. The monoisotopic (exact) mass is 441 g/mol.